The highest BCUT2D eigenvalue weighted by molar-refractivity contribution is 6.33. The fourth-order valence-corrected chi connectivity index (χ4v) is 2.94. The number of anilines is 1. The molecule has 0 aromatic heterocycles. The first kappa shape index (κ1) is 22.1. The van der Waals surface area contributed by atoms with Gasteiger partial charge in [-0.25, -0.2) is 5.43 Å². The van der Waals surface area contributed by atoms with Gasteiger partial charge >= 0.3 is 0 Å². The molecule has 2 N–H and O–H groups in total. The van der Waals surface area contributed by atoms with Crippen LogP contribution >= 0.6 is 11.6 Å². The number of hydrogen-bond acceptors (Lipinski definition) is 4. The molecule has 3 aromatic rings. The summed E-state index contributed by atoms with van der Waals surface area (Å²) in [4.78, 5) is 24.3. The van der Waals surface area contributed by atoms with Crippen molar-refractivity contribution in [3.8, 4) is 5.75 Å². The van der Waals surface area contributed by atoms with Crippen LogP contribution in [0.3, 0.4) is 0 Å². The monoisotopic (exact) mass is 435 g/mol. The van der Waals surface area contributed by atoms with Crippen molar-refractivity contribution < 1.29 is 14.3 Å². The fourth-order valence-electron chi connectivity index (χ4n) is 2.72. The number of hydrazone groups is 1. The molecule has 3 rings (SSSR count). The summed E-state index contributed by atoms with van der Waals surface area (Å²) in [5.41, 5.74) is 6.47. The molecule has 0 fully saturated rings. The second-order valence-electron chi connectivity index (χ2n) is 6.89. The number of aryl methyl sites for hydroxylation is 2. The Hall–Kier alpha value is -3.64. The summed E-state index contributed by atoms with van der Waals surface area (Å²) in [5, 5.41) is 7.11. The van der Waals surface area contributed by atoms with Gasteiger partial charge in [0.1, 0.15) is 5.75 Å². The number of amides is 2. The molecule has 0 heterocycles. The average molecular weight is 436 g/mol. The molecular weight excluding hydrogens is 414 g/mol. The predicted octanol–water partition coefficient (Wildman–Crippen LogP) is 4.74. The van der Waals surface area contributed by atoms with Crippen molar-refractivity contribution in [2.45, 2.75) is 13.8 Å². The maximum Gasteiger partial charge on any atom is 0.272 e. The zero-order chi connectivity index (χ0) is 22.2. The van der Waals surface area contributed by atoms with Crippen LogP contribution in [0.2, 0.25) is 5.02 Å². The molecule has 0 aliphatic carbocycles. The first-order valence-corrected chi connectivity index (χ1v) is 9.98. The summed E-state index contributed by atoms with van der Waals surface area (Å²) in [7, 11) is 0. The average Bonchev–Trinajstić information content (AvgIpc) is 2.75. The van der Waals surface area contributed by atoms with E-state index in [0.29, 0.717) is 21.9 Å². The fraction of sp³-hybridized carbons (Fsp3) is 0.125. The molecule has 0 saturated carbocycles. The Balaban J connectivity index is 1.53. The zero-order valence-electron chi connectivity index (χ0n) is 17.2. The third-order valence-electron chi connectivity index (χ3n) is 4.52. The second kappa shape index (κ2) is 10.4. The lowest BCUT2D eigenvalue weighted by atomic mass is 10.1. The Morgan fingerprint density at radius 3 is 2.58 bits per heavy atom. The van der Waals surface area contributed by atoms with E-state index >= 15 is 0 Å². The van der Waals surface area contributed by atoms with Gasteiger partial charge in [-0.05, 0) is 66.9 Å². The van der Waals surface area contributed by atoms with E-state index in [1.54, 1.807) is 48.5 Å². The van der Waals surface area contributed by atoms with Gasteiger partial charge in [0, 0.05) is 5.69 Å². The van der Waals surface area contributed by atoms with E-state index in [9.17, 15) is 9.59 Å². The lowest BCUT2D eigenvalue weighted by Gasteiger charge is -2.09. The van der Waals surface area contributed by atoms with Gasteiger partial charge < -0.3 is 10.1 Å². The normalized spacial score (nSPS) is 10.7. The SMILES string of the molecule is Cc1ccc(NC(=O)COc2cccc(/C=N\NC(=O)c3ccccc3Cl)c2)cc1C. The molecule has 0 bridgehead atoms. The Labute approximate surface area is 185 Å². The number of ether oxygens (including phenoxy) is 1. The number of hydrogen-bond donors (Lipinski definition) is 2. The molecule has 0 unspecified atom stereocenters. The quantitative estimate of drug-likeness (QED) is 0.415. The predicted molar refractivity (Wildman–Crippen MR) is 123 cm³/mol. The van der Waals surface area contributed by atoms with E-state index < -0.39 is 5.91 Å². The lowest BCUT2D eigenvalue weighted by Crippen LogP contribution is -2.20. The van der Waals surface area contributed by atoms with Crippen LogP contribution in [0.1, 0.15) is 27.0 Å². The Morgan fingerprint density at radius 1 is 1.00 bits per heavy atom. The van der Waals surface area contributed by atoms with Gasteiger partial charge in [-0.15, -0.1) is 0 Å². The molecule has 3 aromatic carbocycles. The zero-order valence-corrected chi connectivity index (χ0v) is 17.9. The highest BCUT2D eigenvalue weighted by Crippen LogP contribution is 2.16. The van der Waals surface area contributed by atoms with Crippen LogP contribution in [0.4, 0.5) is 5.69 Å². The van der Waals surface area contributed by atoms with E-state index in [-0.39, 0.29) is 12.5 Å². The van der Waals surface area contributed by atoms with E-state index in [4.69, 9.17) is 16.3 Å². The van der Waals surface area contributed by atoms with Crippen molar-refractivity contribution in [3.05, 3.63) is 94.0 Å². The Bertz CT molecular complexity index is 1130. The molecule has 0 aliphatic heterocycles. The Morgan fingerprint density at radius 2 is 1.81 bits per heavy atom. The minimum atomic E-state index is -0.405. The van der Waals surface area contributed by atoms with Crippen molar-refractivity contribution in [2.75, 3.05) is 11.9 Å². The van der Waals surface area contributed by atoms with Gasteiger partial charge in [-0.3, -0.25) is 9.59 Å². The molecule has 0 spiro atoms. The minimum absolute atomic E-state index is 0.128. The lowest BCUT2D eigenvalue weighted by molar-refractivity contribution is -0.118. The number of carbonyl (C=O) groups is 2. The van der Waals surface area contributed by atoms with Crippen LogP contribution < -0.4 is 15.5 Å². The summed E-state index contributed by atoms with van der Waals surface area (Å²) in [6.07, 6.45) is 1.48. The topological polar surface area (TPSA) is 79.8 Å². The molecular formula is C24H22ClN3O3. The van der Waals surface area contributed by atoms with Crippen molar-refractivity contribution in [1.82, 2.24) is 5.43 Å². The molecule has 0 aliphatic rings. The second-order valence-corrected chi connectivity index (χ2v) is 7.29. The van der Waals surface area contributed by atoms with E-state index in [1.807, 2.05) is 32.0 Å². The van der Waals surface area contributed by atoms with Crippen molar-refractivity contribution >= 4 is 35.3 Å². The van der Waals surface area contributed by atoms with Gasteiger partial charge in [0.15, 0.2) is 6.61 Å². The molecule has 7 heteroatoms. The van der Waals surface area contributed by atoms with E-state index in [1.165, 1.54) is 6.21 Å². The number of halogens is 1. The molecule has 0 radical (unpaired) electrons. The van der Waals surface area contributed by atoms with Crippen LogP contribution in [0.25, 0.3) is 0 Å². The van der Waals surface area contributed by atoms with Gasteiger partial charge in [-0.1, -0.05) is 41.9 Å². The van der Waals surface area contributed by atoms with E-state index in [2.05, 4.69) is 15.8 Å². The van der Waals surface area contributed by atoms with Gasteiger partial charge in [0.25, 0.3) is 11.8 Å². The number of nitrogens with one attached hydrogen (secondary N) is 2. The maximum absolute atomic E-state index is 12.2. The highest BCUT2D eigenvalue weighted by Gasteiger charge is 2.08. The smallest absolute Gasteiger partial charge is 0.272 e. The third kappa shape index (κ3) is 6.42. The van der Waals surface area contributed by atoms with Crippen LogP contribution in [0.15, 0.2) is 71.8 Å². The minimum Gasteiger partial charge on any atom is -0.484 e. The number of rotatable bonds is 7. The summed E-state index contributed by atoms with van der Waals surface area (Å²) < 4.78 is 5.57. The molecule has 158 valence electrons. The first-order valence-electron chi connectivity index (χ1n) is 9.60. The maximum atomic E-state index is 12.2. The molecule has 2 amide bonds. The van der Waals surface area contributed by atoms with Crippen molar-refractivity contribution in [3.63, 3.8) is 0 Å². The van der Waals surface area contributed by atoms with Crippen molar-refractivity contribution in [1.29, 1.82) is 0 Å². The highest BCUT2D eigenvalue weighted by atomic mass is 35.5. The molecule has 6 nitrogen and oxygen atoms in total. The van der Waals surface area contributed by atoms with Crippen LogP contribution in [-0.2, 0) is 4.79 Å². The molecule has 0 saturated heterocycles. The number of carbonyl (C=O) groups excluding carboxylic acids is 2. The van der Waals surface area contributed by atoms with Gasteiger partial charge in [-0.2, -0.15) is 5.10 Å². The third-order valence-corrected chi connectivity index (χ3v) is 4.85. The molecule has 0 atom stereocenters. The first-order chi connectivity index (χ1) is 14.9. The van der Waals surface area contributed by atoms with E-state index in [0.717, 1.165) is 16.8 Å². The molecule has 31 heavy (non-hydrogen) atoms. The van der Waals surface area contributed by atoms with Crippen LogP contribution in [-0.4, -0.2) is 24.6 Å². The van der Waals surface area contributed by atoms with Crippen molar-refractivity contribution in [2.24, 2.45) is 5.10 Å². The van der Waals surface area contributed by atoms with Crippen LogP contribution in [0.5, 0.6) is 5.75 Å². The van der Waals surface area contributed by atoms with Gasteiger partial charge in [0.2, 0.25) is 0 Å². The summed E-state index contributed by atoms with van der Waals surface area (Å²) >= 11 is 6.00. The number of benzene rings is 3. The largest absolute Gasteiger partial charge is 0.484 e. The van der Waals surface area contributed by atoms with Crippen LogP contribution in [0, 0.1) is 13.8 Å². The summed E-state index contributed by atoms with van der Waals surface area (Å²) in [6, 6.07) is 19.5. The van der Waals surface area contributed by atoms with Gasteiger partial charge in [0.05, 0.1) is 16.8 Å². The summed E-state index contributed by atoms with van der Waals surface area (Å²) in [5.74, 6) is -0.150. The number of nitrogens with zero attached hydrogens (tertiary/aromatic N) is 1. The Kier molecular flexibility index (Phi) is 7.40. The summed E-state index contributed by atoms with van der Waals surface area (Å²) in [6.45, 7) is 3.88. The standard InChI is InChI=1S/C24H22ClN3O3/c1-16-10-11-19(12-17(16)2)27-23(29)15-31-20-7-5-6-18(13-20)14-26-28-24(30)21-8-3-4-9-22(21)25/h3-14H,15H2,1-2H3,(H,27,29)(H,28,30)/b26-14-.